The van der Waals surface area contributed by atoms with E-state index < -0.39 is 46.9 Å². The molecule has 12 nitrogen and oxygen atoms in total. The van der Waals surface area contributed by atoms with Crippen molar-refractivity contribution in [3.05, 3.63) is 70.8 Å². The van der Waals surface area contributed by atoms with Crippen molar-refractivity contribution in [2.45, 2.75) is 51.9 Å². The van der Waals surface area contributed by atoms with Gasteiger partial charge < -0.3 is 9.47 Å². The molecule has 0 aromatic heterocycles. The van der Waals surface area contributed by atoms with Crippen LogP contribution in [0.3, 0.4) is 0 Å². The van der Waals surface area contributed by atoms with Crippen molar-refractivity contribution in [3.8, 4) is 0 Å². The van der Waals surface area contributed by atoms with E-state index in [1.807, 2.05) is 0 Å². The molecule has 2 fully saturated rings. The molecular weight excluding hydrogens is 532 g/mol. The second-order valence-electron chi connectivity index (χ2n) is 10.8. The number of amides is 6. The van der Waals surface area contributed by atoms with E-state index in [4.69, 9.17) is 9.47 Å². The molecule has 2 aromatic rings. The van der Waals surface area contributed by atoms with E-state index in [1.165, 1.54) is 24.0 Å². The van der Waals surface area contributed by atoms with Crippen molar-refractivity contribution >= 4 is 35.8 Å². The lowest BCUT2D eigenvalue weighted by Gasteiger charge is -2.36. The SMILES string of the molecule is COC(=O)c1ccc(CN2C(=O)N(CN3C(=O)N(Cc4ccc(C(=O)OC)cc4)C(=O)C3(C)C)C(C)(C)C2=O)cc1. The highest BCUT2D eigenvalue weighted by Gasteiger charge is 2.57. The quantitative estimate of drug-likeness (QED) is 0.353. The van der Waals surface area contributed by atoms with Crippen molar-refractivity contribution in [1.29, 1.82) is 0 Å². The van der Waals surface area contributed by atoms with Crippen LogP contribution in [0.2, 0.25) is 0 Å². The zero-order valence-electron chi connectivity index (χ0n) is 23.8. The molecule has 12 heteroatoms. The van der Waals surface area contributed by atoms with Gasteiger partial charge in [0, 0.05) is 0 Å². The number of ether oxygens (including phenoxy) is 2. The van der Waals surface area contributed by atoms with Crippen molar-refractivity contribution in [2.24, 2.45) is 0 Å². The van der Waals surface area contributed by atoms with Gasteiger partial charge >= 0.3 is 24.0 Å². The first-order valence-corrected chi connectivity index (χ1v) is 12.9. The van der Waals surface area contributed by atoms with Crippen molar-refractivity contribution in [3.63, 3.8) is 0 Å². The van der Waals surface area contributed by atoms with Gasteiger partial charge in [-0.3, -0.25) is 29.2 Å². The number of nitrogens with zero attached hydrogens (tertiary/aromatic N) is 4. The lowest BCUT2D eigenvalue weighted by molar-refractivity contribution is -0.133. The molecule has 0 saturated carbocycles. The molecule has 41 heavy (non-hydrogen) atoms. The number of urea groups is 2. The maximum atomic E-state index is 13.5. The third-order valence-corrected chi connectivity index (χ3v) is 7.52. The molecule has 0 radical (unpaired) electrons. The third kappa shape index (κ3) is 5.12. The molecule has 0 N–H and O–H groups in total. The molecule has 0 bridgehead atoms. The highest BCUT2D eigenvalue weighted by molar-refractivity contribution is 6.08. The lowest BCUT2D eigenvalue weighted by Crippen LogP contribution is -2.55. The number of carbonyl (C=O) groups is 6. The summed E-state index contributed by atoms with van der Waals surface area (Å²) in [5, 5.41) is 0. The molecule has 2 saturated heterocycles. The van der Waals surface area contributed by atoms with Gasteiger partial charge in [0.1, 0.15) is 17.7 Å². The van der Waals surface area contributed by atoms with Crippen molar-refractivity contribution in [2.75, 3.05) is 20.9 Å². The minimum atomic E-state index is -1.29. The van der Waals surface area contributed by atoms with E-state index in [9.17, 15) is 28.8 Å². The summed E-state index contributed by atoms with van der Waals surface area (Å²) in [5.74, 6) is -1.93. The van der Waals surface area contributed by atoms with Crippen LogP contribution < -0.4 is 0 Å². The Balaban J connectivity index is 1.52. The molecule has 0 atom stereocenters. The highest BCUT2D eigenvalue weighted by atomic mass is 16.5. The van der Waals surface area contributed by atoms with Gasteiger partial charge in [-0.15, -0.1) is 0 Å². The molecule has 0 unspecified atom stereocenters. The largest absolute Gasteiger partial charge is 0.465 e. The summed E-state index contributed by atoms with van der Waals surface area (Å²) in [6.45, 7) is 5.98. The highest BCUT2D eigenvalue weighted by Crippen LogP contribution is 2.34. The topological polar surface area (TPSA) is 134 Å². The third-order valence-electron chi connectivity index (χ3n) is 7.52. The van der Waals surface area contributed by atoms with Crippen LogP contribution in [0, 0.1) is 0 Å². The molecule has 0 aliphatic carbocycles. The predicted octanol–water partition coefficient (Wildman–Crippen LogP) is 3.00. The van der Waals surface area contributed by atoms with Crippen LogP contribution in [0.15, 0.2) is 48.5 Å². The first kappa shape index (κ1) is 29.2. The van der Waals surface area contributed by atoms with Gasteiger partial charge in [0.15, 0.2) is 0 Å². The van der Waals surface area contributed by atoms with Crippen molar-refractivity contribution in [1.82, 2.24) is 19.6 Å². The van der Waals surface area contributed by atoms with Gasteiger partial charge in [-0.05, 0) is 63.1 Å². The average molecular weight is 565 g/mol. The Labute approximate surface area is 237 Å². The summed E-state index contributed by atoms with van der Waals surface area (Å²) in [5.41, 5.74) is -0.677. The molecule has 4 rings (SSSR count). The first-order valence-electron chi connectivity index (χ1n) is 12.9. The Kier molecular flexibility index (Phi) is 7.62. The summed E-state index contributed by atoms with van der Waals surface area (Å²) in [4.78, 5) is 81.9. The number of esters is 2. The van der Waals surface area contributed by atoms with Crippen LogP contribution in [0.5, 0.6) is 0 Å². The molecular formula is C29H32N4O8. The molecule has 2 aliphatic rings. The first-order chi connectivity index (χ1) is 19.2. The van der Waals surface area contributed by atoms with E-state index in [2.05, 4.69) is 0 Å². The van der Waals surface area contributed by atoms with Gasteiger partial charge in [0.25, 0.3) is 11.8 Å². The molecule has 2 heterocycles. The van der Waals surface area contributed by atoms with Crippen LogP contribution in [0.25, 0.3) is 0 Å². The van der Waals surface area contributed by atoms with Crippen LogP contribution in [-0.4, -0.2) is 87.4 Å². The summed E-state index contributed by atoms with van der Waals surface area (Å²) < 4.78 is 9.40. The minimum Gasteiger partial charge on any atom is -0.465 e. The predicted molar refractivity (Wildman–Crippen MR) is 144 cm³/mol. The number of carbonyl (C=O) groups excluding carboxylic acids is 6. The van der Waals surface area contributed by atoms with Crippen LogP contribution >= 0.6 is 0 Å². The summed E-state index contributed by atoms with van der Waals surface area (Å²) in [7, 11) is 2.55. The smallest absolute Gasteiger partial charge is 0.337 e. The fraction of sp³-hybridized carbons (Fsp3) is 0.379. The maximum absolute atomic E-state index is 13.5. The minimum absolute atomic E-state index is 0.0387. The number of methoxy groups -OCH3 is 2. The zero-order chi connectivity index (χ0) is 30.3. The summed E-state index contributed by atoms with van der Waals surface area (Å²) in [6.07, 6.45) is 0. The van der Waals surface area contributed by atoms with Gasteiger partial charge in [-0.1, -0.05) is 24.3 Å². The average Bonchev–Trinajstić information content (AvgIpc) is 3.22. The Morgan fingerprint density at radius 1 is 0.610 bits per heavy atom. The number of hydrogen-bond donors (Lipinski definition) is 0. The number of rotatable bonds is 8. The van der Waals surface area contributed by atoms with Crippen LogP contribution in [0.1, 0.15) is 59.5 Å². The Hall–Kier alpha value is -4.74. The monoisotopic (exact) mass is 564 g/mol. The number of benzene rings is 2. The van der Waals surface area contributed by atoms with E-state index in [-0.39, 0.29) is 19.8 Å². The van der Waals surface area contributed by atoms with E-state index in [0.29, 0.717) is 22.3 Å². The molecule has 2 aromatic carbocycles. The molecule has 6 amide bonds. The Morgan fingerprint density at radius 2 is 0.927 bits per heavy atom. The van der Waals surface area contributed by atoms with E-state index in [1.54, 1.807) is 76.2 Å². The molecule has 2 aliphatic heterocycles. The zero-order valence-corrected chi connectivity index (χ0v) is 23.8. The summed E-state index contributed by atoms with van der Waals surface area (Å²) >= 11 is 0. The fourth-order valence-corrected chi connectivity index (χ4v) is 4.82. The van der Waals surface area contributed by atoms with Gasteiger partial charge in [-0.25, -0.2) is 19.2 Å². The Morgan fingerprint density at radius 3 is 1.22 bits per heavy atom. The van der Waals surface area contributed by atoms with Crippen LogP contribution in [0.4, 0.5) is 9.59 Å². The number of imide groups is 2. The second kappa shape index (κ2) is 10.7. The molecule has 0 spiro atoms. The lowest BCUT2D eigenvalue weighted by atomic mass is 10.0. The number of hydrogen-bond acceptors (Lipinski definition) is 8. The van der Waals surface area contributed by atoms with Gasteiger partial charge in [0.05, 0.1) is 38.4 Å². The summed E-state index contributed by atoms with van der Waals surface area (Å²) in [6, 6.07) is 11.5. The fourth-order valence-electron chi connectivity index (χ4n) is 4.82. The van der Waals surface area contributed by atoms with Gasteiger partial charge in [-0.2, -0.15) is 0 Å². The maximum Gasteiger partial charge on any atom is 0.337 e. The second-order valence-corrected chi connectivity index (χ2v) is 10.8. The molecule has 216 valence electrons. The van der Waals surface area contributed by atoms with Crippen molar-refractivity contribution < 1.29 is 38.2 Å². The normalized spacial score (nSPS) is 17.9. The standard InChI is InChI=1S/C29H32N4O8/c1-28(2)24(36)30(15-18-7-11-20(12-8-18)22(34)40-5)26(38)32(28)17-33-27(39)31(25(37)29(33,3)4)16-19-9-13-21(14-10-19)23(35)41-6/h7-14H,15-17H2,1-6H3. The van der Waals surface area contributed by atoms with Gasteiger partial charge in [0.2, 0.25) is 0 Å². The van der Waals surface area contributed by atoms with Crippen LogP contribution in [-0.2, 0) is 32.2 Å². The Bertz CT molecular complexity index is 1310. The van der Waals surface area contributed by atoms with E-state index in [0.717, 1.165) is 9.80 Å². The van der Waals surface area contributed by atoms with E-state index >= 15 is 0 Å².